The summed E-state index contributed by atoms with van der Waals surface area (Å²) in [6, 6.07) is -5.07. The molecule has 21 N–H and O–H groups in total. The van der Waals surface area contributed by atoms with Crippen LogP contribution in [0.15, 0.2) is 34.3 Å². The molecular weight excluding hydrogens is 1120 g/mol. The highest BCUT2D eigenvalue weighted by Gasteiger charge is 2.36. The average molecular weight is 1230 g/mol. The minimum atomic E-state index is -1.36. The van der Waals surface area contributed by atoms with Gasteiger partial charge in [0, 0.05) is 19.5 Å². The van der Waals surface area contributed by atoms with Gasteiger partial charge in [-0.2, -0.15) is 0 Å². The Balaban J connectivity index is 3.48. The summed E-state index contributed by atoms with van der Waals surface area (Å²) in [5.74, 6) is -9.03. The van der Waals surface area contributed by atoms with Crippen molar-refractivity contribution in [2.75, 3.05) is 19.6 Å². The molecule has 0 aliphatic rings. The Labute approximate surface area is 512 Å². The van der Waals surface area contributed by atoms with Gasteiger partial charge >= 0.3 is 5.97 Å². The number of hydrogen-bond donors (Lipinski definition) is 16. The van der Waals surface area contributed by atoms with Crippen LogP contribution in [0.3, 0.4) is 0 Å². The van der Waals surface area contributed by atoms with E-state index in [-0.39, 0.29) is 130 Å². The highest BCUT2D eigenvalue weighted by molar-refractivity contribution is 5.98. The summed E-state index contributed by atoms with van der Waals surface area (Å²) >= 11 is 0. The Bertz CT molecular complexity index is 2450. The third-order valence-electron chi connectivity index (χ3n) is 13.4. The second-order valence-corrected chi connectivity index (χ2v) is 24.8. The van der Waals surface area contributed by atoms with E-state index in [1.807, 2.05) is 83.1 Å². The van der Waals surface area contributed by atoms with Crippen molar-refractivity contribution in [3.8, 4) is 5.75 Å². The molecular formula is C59H104N16O12. The van der Waals surface area contributed by atoms with Crippen LogP contribution < -0.4 is 76.5 Å². The molecule has 87 heavy (non-hydrogen) atoms. The predicted molar refractivity (Wildman–Crippen MR) is 332 cm³/mol. The Morgan fingerprint density at radius 2 is 0.713 bits per heavy atom. The van der Waals surface area contributed by atoms with Crippen molar-refractivity contribution in [1.29, 1.82) is 0 Å². The van der Waals surface area contributed by atoms with Gasteiger partial charge in [0.1, 0.15) is 54.1 Å². The molecule has 9 amide bonds. The quantitative estimate of drug-likeness (QED) is 0.0228. The molecule has 0 aromatic heterocycles. The third-order valence-corrected chi connectivity index (χ3v) is 13.4. The number of guanidine groups is 2. The first-order chi connectivity index (χ1) is 40.6. The van der Waals surface area contributed by atoms with Crippen molar-refractivity contribution < 1.29 is 58.2 Å². The lowest BCUT2D eigenvalue weighted by atomic mass is 9.98. The molecule has 0 heterocycles. The molecule has 9 atom stereocenters. The number of aliphatic carboxylic acids is 1. The van der Waals surface area contributed by atoms with Crippen molar-refractivity contribution in [2.45, 2.75) is 208 Å². The van der Waals surface area contributed by atoms with Gasteiger partial charge in [0.2, 0.25) is 53.2 Å². The SMILES string of the molecule is CC(C)C[C@H](NC(=O)[C@H](CC(C)C)NC(=O)[C@H](CC(C)C)NC(=O)[C@H](CCCN=C(N)N)NC(=O)[C@H](CC(C)C)NC(=O)[C@H](CC(C)C)NC(=O)[C@H](CC(C)C)NC(=O)[C@@H](N)CCCN=C(N)N)C(=O)NCC(=O)N[C@@H](Cc1ccc(O)cc1)C(=O)O. The lowest BCUT2D eigenvalue weighted by Crippen LogP contribution is -2.60. The van der Waals surface area contributed by atoms with Crippen molar-refractivity contribution in [3.63, 3.8) is 0 Å². The van der Waals surface area contributed by atoms with E-state index in [0.29, 0.717) is 12.0 Å². The number of carbonyl (C=O) groups excluding carboxylic acids is 9. The van der Waals surface area contributed by atoms with Gasteiger partial charge in [0.05, 0.1) is 12.6 Å². The number of amides is 9. The van der Waals surface area contributed by atoms with E-state index in [1.165, 1.54) is 24.3 Å². The average Bonchev–Trinajstić information content (AvgIpc) is 3.21. The fraction of sp³-hybridized carbons (Fsp3) is 0.695. The number of nitrogens with zero attached hydrogens (tertiary/aromatic N) is 2. The van der Waals surface area contributed by atoms with Gasteiger partial charge in [-0.3, -0.25) is 53.1 Å². The Hall–Kier alpha value is -7.78. The second kappa shape index (κ2) is 39.8. The number of benzene rings is 1. The largest absolute Gasteiger partial charge is 0.508 e. The summed E-state index contributed by atoms with van der Waals surface area (Å²) in [6.45, 7) is 21.7. The number of nitrogens with one attached hydrogen (secondary N) is 9. The molecule has 0 unspecified atom stereocenters. The maximum Gasteiger partial charge on any atom is 0.326 e. The van der Waals surface area contributed by atoms with Gasteiger partial charge in [-0.25, -0.2) is 4.79 Å². The summed E-state index contributed by atoms with van der Waals surface area (Å²) < 4.78 is 0. The Morgan fingerprint density at radius 3 is 1.03 bits per heavy atom. The number of carboxylic acids is 1. The van der Waals surface area contributed by atoms with Crippen molar-refractivity contribution in [1.82, 2.24) is 47.9 Å². The first-order valence-corrected chi connectivity index (χ1v) is 30.1. The molecule has 0 aliphatic carbocycles. The van der Waals surface area contributed by atoms with Crippen molar-refractivity contribution in [3.05, 3.63) is 29.8 Å². The molecule has 0 spiro atoms. The number of carbonyl (C=O) groups is 10. The maximum absolute atomic E-state index is 14.5. The maximum atomic E-state index is 14.5. The summed E-state index contributed by atoms with van der Waals surface area (Å²) in [7, 11) is 0. The van der Waals surface area contributed by atoms with Crippen LogP contribution in [0.1, 0.15) is 153 Å². The number of carboxylic acid groups (broad SMARTS) is 1. The minimum absolute atomic E-state index is 0.0209. The summed E-state index contributed by atoms with van der Waals surface area (Å²) in [4.78, 5) is 146. The first-order valence-electron chi connectivity index (χ1n) is 30.1. The Kier molecular flexibility index (Phi) is 35.4. The van der Waals surface area contributed by atoms with E-state index >= 15 is 0 Å². The van der Waals surface area contributed by atoms with E-state index in [1.54, 1.807) is 0 Å². The zero-order valence-electron chi connectivity index (χ0n) is 53.1. The van der Waals surface area contributed by atoms with Gasteiger partial charge < -0.3 is 86.7 Å². The third kappa shape index (κ3) is 33.1. The molecule has 0 radical (unpaired) electrons. The summed E-state index contributed by atoms with van der Waals surface area (Å²) in [5.41, 5.74) is 28.6. The van der Waals surface area contributed by atoms with E-state index in [0.717, 1.165) is 0 Å². The standard InChI is InChI=1S/C59H104N16O12/c1-31(2)23-41(50(79)67-30-48(77)68-47(57(86)87)29-37-17-19-38(76)20-18-37)71-54(83)45(27-35(9)10)75-55(84)44(26-34(7)8)72-51(80)40(16-14-22-66-59(63)64)69-52(81)43(25-33(5)6)73-56(85)46(28-36(11)12)74-53(82)42(24-32(3)4)70-49(78)39(60)15-13-21-65-58(61)62/h17-20,31-36,39-47,76H,13-16,21-30,60H2,1-12H3,(H,67,79)(H,68,77)(H,69,81)(H,70,78)(H,71,83)(H,72,80)(H,73,85)(H,74,82)(H,75,84)(H,86,87)(H4,61,62,65)(H4,63,64,66)/t39-,40-,41-,42-,43-,44-,45-,46-,47-/m0/s1. The number of aliphatic imine (C=N–C) groups is 2. The normalized spacial score (nSPS) is 14.5. The van der Waals surface area contributed by atoms with Crippen LogP contribution in [0.5, 0.6) is 5.75 Å². The topological polar surface area (TPSA) is 474 Å². The molecule has 0 bridgehead atoms. The smallest absolute Gasteiger partial charge is 0.326 e. The number of aromatic hydroxyl groups is 1. The molecule has 1 aromatic carbocycles. The van der Waals surface area contributed by atoms with Crippen molar-refractivity contribution >= 4 is 71.1 Å². The van der Waals surface area contributed by atoms with Crippen LogP contribution in [-0.4, -0.2) is 155 Å². The number of hydrogen-bond acceptors (Lipinski definition) is 14. The zero-order chi connectivity index (χ0) is 66.2. The minimum Gasteiger partial charge on any atom is -0.508 e. The number of phenols is 1. The lowest BCUT2D eigenvalue weighted by molar-refractivity contribution is -0.141. The second-order valence-electron chi connectivity index (χ2n) is 24.8. The van der Waals surface area contributed by atoms with E-state index in [2.05, 4.69) is 57.8 Å². The molecule has 0 saturated carbocycles. The van der Waals surface area contributed by atoms with E-state index in [4.69, 9.17) is 28.7 Å². The molecule has 28 heteroatoms. The molecule has 0 saturated heterocycles. The number of rotatable bonds is 41. The van der Waals surface area contributed by atoms with Gasteiger partial charge in [0.25, 0.3) is 0 Å². The van der Waals surface area contributed by atoms with Crippen LogP contribution in [-0.2, 0) is 54.4 Å². The molecule has 0 fully saturated rings. The van der Waals surface area contributed by atoms with Crippen LogP contribution in [0, 0.1) is 35.5 Å². The molecule has 0 aliphatic heterocycles. The lowest BCUT2D eigenvalue weighted by Gasteiger charge is -2.29. The first kappa shape index (κ1) is 77.2. The van der Waals surface area contributed by atoms with Crippen LogP contribution >= 0.6 is 0 Å². The number of nitrogens with two attached hydrogens (primary N) is 5. The zero-order valence-corrected chi connectivity index (χ0v) is 53.1. The van der Waals surface area contributed by atoms with Crippen LogP contribution in [0.2, 0.25) is 0 Å². The summed E-state index contributed by atoms with van der Waals surface area (Å²) in [5, 5.41) is 43.6. The summed E-state index contributed by atoms with van der Waals surface area (Å²) in [6.07, 6.45) is 1.39. The fourth-order valence-electron chi connectivity index (χ4n) is 9.16. The fourth-order valence-corrected chi connectivity index (χ4v) is 9.16. The van der Waals surface area contributed by atoms with E-state index in [9.17, 15) is 58.2 Å². The van der Waals surface area contributed by atoms with Crippen LogP contribution in [0.25, 0.3) is 0 Å². The monoisotopic (exact) mass is 1230 g/mol. The molecule has 492 valence electrons. The van der Waals surface area contributed by atoms with Crippen LogP contribution in [0.4, 0.5) is 0 Å². The van der Waals surface area contributed by atoms with Crippen molar-refractivity contribution in [2.24, 2.45) is 74.2 Å². The molecule has 1 rings (SSSR count). The molecule has 1 aromatic rings. The Morgan fingerprint density at radius 1 is 0.414 bits per heavy atom. The number of phenolic OH excluding ortho intramolecular Hbond substituents is 1. The van der Waals surface area contributed by atoms with Gasteiger partial charge in [0.15, 0.2) is 11.9 Å². The highest BCUT2D eigenvalue weighted by atomic mass is 16.4. The van der Waals surface area contributed by atoms with E-state index < -0.39 is 120 Å². The van der Waals surface area contributed by atoms with Gasteiger partial charge in [-0.15, -0.1) is 0 Å². The van der Waals surface area contributed by atoms with Gasteiger partial charge in [-0.1, -0.05) is 95.2 Å². The highest BCUT2D eigenvalue weighted by Crippen LogP contribution is 2.16. The predicted octanol–water partition coefficient (Wildman–Crippen LogP) is -0.275. The molecule has 28 nitrogen and oxygen atoms in total. The van der Waals surface area contributed by atoms with Gasteiger partial charge in [-0.05, 0) is 117 Å².